The quantitative estimate of drug-likeness (QED) is 0.634. The molecule has 0 spiro atoms. The molecule has 0 saturated carbocycles. The van der Waals surface area contributed by atoms with Gasteiger partial charge in [-0.15, -0.1) is 0 Å². The molecule has 1 aliphatic rings. The summed E-state index contributed by atoms with van der Waals surface area (Å²) in [5, 5.41) is 3.03. The van der Waals surface area contributed by atoms with Crippen molar-refractivity contribution in [3.05, 3.63) is 60.7 Å². The largest absolute Gasteiger partial charge is 0.492 e. The van der Waals surface area contributed by atoms with Gasteiger partial charge >= 0.3 is 6.03 Å². The van der Waals surface area contributed by atoms with E-state index < -0.39 is 0 Å². The van der Waals surface area contributed by atoms with E-state index in [9.17, 15) is 4.79 Å². The monoisotopic (exact) mass is 419 g/mol. The van der Waals surface area contributed by atoms with Crippen molar-refractivity contribution >= 4 is 11.7 Å². The van der Waals surface area contributed by atoms with E-state index >= 15 is 0 Å². The number of para-hydroxylation sites is 2. The molecule has 1 atom stereocenters. The van der Waals surface area contributed by atoms with Crippen molar-refractivity contribution in [3.63, 3.8) is 0 Å². The molecule has 162 valence electrons. The summed E-state index contributed by atoms with van der Waals surface area (Å²) in [5.41, 5.74) is 2.83. The Labute approximate surface area is 183 Å². The average molecular weight is 420 g/mol. The molecule has 1 aliphatic heterocycles. The van der Waals surface area contributed by atoms with E-state index in [0.29, 0.717) is 30.5 Å². The molecule has 3 heterocycles. The number of hydrogen-bond donors (Lipinski definition) is 1. The van der Waals surface area contributed by atoms with Crippen LogP contribution in [0.1, 0.15) is 25.5 Å². The van der Waals surface area contributed by atoms with Crippen molar-refractivity contribution in [1.29, 1.82) is 0 Å². The number of nitrogens with one attached hydrogen (secondary N) is 1. The Morgan fingerprint density at radius 1 is 1.23 bits per heavy atom. The van der Waals surface area contributed by atoms with Gasteiger partial charge < -0.3 is 19.5 Å². The number of carbonyl (C=O) groups is 1. The highest BCUT2D eigenvalue weighted by molar-refractivity contribution is 5.91. The first-order valence-electron chi connectivity index (χ1n) is 10.9. The van der Waals surface area contributed by atoms with Gasteiger partial charge in [0.05, 0.1) is 12.3 Å². The van der Waals surface area contributed by atoms with Crippen molar-refractivity contribution in [3.8, 4) is 17.1 Å². The lowest BCUT2D eigenvalue weighted by Gasteiger charge is -2.33. The normalized spacial score (nSPS) is 16.2. The van der Waals surface area contributed by atoms with Gasteiger partial charge in [0.2, 0.25) is 0 Å². The van der Waals surface area contributed by atoms with Crippen molar-refractivity contribution in [2.45, 2.75) is 33.2 Å². The molecule has 4 rings (SSSR count). The summed E-state index contributed by atoms with van der Waals surface area (Å²) in [5.74, 6) is 1.99. The molecule has 0 aliphatic carbocycles. The summed E-state index contributed by atoms with van der Waals surface area (Å²) in [7, 11) is 0. The number of anilines is 1. The van der Waals surface area contributed by atoms with Crippen LogP contribution in [0.15, 0.2) is 55.0 Å². The van der Waals surface area contributed by atoms with E-state index in [-0.39, 0.29) is 6.03 Å². The SMILES string of the molecule is CCOc1ccccc1NC(=O)N1CCCC(Cn2c(C)cnc2-c2cccnc2)C1. The maximum absolute atomic E-state index is 13.0. The number of carbonyl (C=O) groups excluding carboxylic acids is 1. The van der Waals surface area contributed by atoms with Crippen LogP contribution in [0.4, 0.5) is 10.5 Å². The minimum Gasteiger partial charge on any atom is -0.492 e. The molecule has 31 heavy (non-hydrogen) atoms. The van der Waals surface area contributed by atoms with Crippen LogP contribution >= 0.6 is 0 Å². The number of aromatic nitrogens is 3. The minimum absolute atomic E-state index is 0.0771. The molecule has 1 unspecified atom stereocenters. The number of piperidine rings is 1. The van der Waals surface area contributed by atoms with Crippen molar-refractivity contribution in [2.24, 2.45) is 5.92 Å². The number of hydrogen-bond acceptors (Lipinski definition) is 4. The van der Waals surface area contributed by atoms with E-state index in [0.717, 1.165) is 43.0 Å². The third-order valence-corrected chi connectivity index (χ3v) is 5.65. The third kappa shape index (κ3) is 4.87. The molecule has 1 saturated heterocycles. The second kappa shape index (κ2) is 9.64. The fraction of sp³-hybridized carbons (Fsp3) is 0.375. The molecule has 1 N–H and O–H groups in total. The standard InChI is InChI=1S/C24H29N5O2/c1-3-31-22-11-5-4-10-21(22)27-24(30)28-13-7-8-19(16-28)17-29-18(2)14-26-23(29)20-9-6-12-25-15-20/h4-6,9-12,14-15,19H,3,7-8,13,16-17H2,1-2H3,(H,27,30). The minimum atomic E-state index is -0.0771. The average Bonchev–Trinajstić information content (AvgIpc) is 3.16. The van der Waals surface area contributed by atoms with Gasteiger partial charge in [0.25, 0.3) is 0 Å². The van der Waals surface area contributed by atoms with Crippen molar-refractivity contribution in [1.82, 2.24) is 19.4 Å². The second-order valence-corrected chi connectivity index (χ2v) is 7.89. The van der Waals surface area contributed by atoms with Gasteiger partial charge in [0, 0.05) is 49.5 Å². The summed E-state index contributed by atoms with van der Waals surface area (Å²) < 4.78 is 7.88. The summed E-state index contributed by atoms with van der Waals surface area (Å²) in [6, 6.07) is 11.4. The van der Waals surface area contributed by atoms with E-state index in [1.54, 1.807) is 6.20 Å². The topological polar surface area (TPSA) is 72.3 Å². The van der Waals surface area contributed by atoms with Crippen molar-refractivity contribution < 1.29 is 9.53 Å². The summed E-state index contributed by atoms with van der Waals surface area (Å²) >= 11 is 0. The van der Waals surface area contributed by atoms with Gasteiger partial charge in [-0.1, -0.05) is 12.1 Å². The first-order valence-corrected chi connectivity index (χ1v) is 10.9. The highest BCUT2D eigenvalue weighted by Gasteiger charge is 2.25. The summed E-state index contributed by atoms with van der Waals surface area (Å²) in [6.45, 7) is 6.87. The number of nitrogens with zero attached hydrogens (tertiary/aromatic N) is 4. The second-order valence-electron chi connectivity index (χ2n) is 7.89. The van der Waals surface area contributed by atoms with Crippen LogP contribution < -0.4 is 10.1 Å². The Hall–Kier alpha value is -3.35. The third-order valence-electron chi connectivity index (χ3n) is 5.65. The highest BCUT2D eigenvalue weighted by Crippen LogP contribution is 2.27. The number of amides is 2. The Balaban J connectivity index is 1.44. The zero-order valence-electron chi connectivity index (χ0n) is 18.1. The molecule has 2 aromatic heterocycles. The predicted molar refractivity (Wildman–Crippen MR) is 121 cm³/mol. The number of aryl methyl sites for hydroxylation is 1. The number of pyridine rings is 1. The van der Waals surface area contributed by atoms with Gasteiger partial charge in [-0.2, -0.15) is 0 Å². The first kappa shape index (κ1) is 20.9. The van der Waals surface area contributed by atoms with E-state index in [1.165, 1.54) is 0 Å². The lowest BCUT2D eigenvalue weighted by atomic mass is 9.98. The van der Waals surface area contributed by atoms with Crippen LogP contribution in [0, 0.1) is 12.8 Å². The van der Waals surface area contributed by atoms with E-state index in [1.807, 2.05) is 60.6 Å². The lowest BCUT2D eigenvalue weighted by Crippen LogP contribution is -2.43. The summed E-state index contributed by atoms with van der Waals surface area (Å²) in [4.78, 5) is 23.7. The zero-order chi connectivity index (χ0) is 21.6. The number of likely N-dealkylation sites (tertiary alicyclic amines) is 1. The Kier molecular flexibility index (Phi) is 6.50. The lowest BCUT2D eigenvalue weighted by molar-refractivity contribution is 0.170. The van der Waals surface area contributed by atoms with Crippen LogP contribution in [0.25, 0.3) is 11.4 Å². The predicted octanol–water partition coefficient (Wildman–Crippen LogP) is 4.60. The van der Waals surface area contributed by atoms with E-state index in [4.69, 9.17) is 4.74 Å². The molecular weight excluding hydrogens is 390 g/mol. The van der Waals surface area contributed by atoms with Gasteiger partial charge in [0.1, 0.15) is 11.6 Å². The Morgan fingerprint density at radius 3 is 2.90 bits per heavy atom. The Morgan fingerprint density at radius 2 is 2.10 bits per heavy atom. The van der Waals surface area contributed by atoms with Gasteiger partial charge in [-0.3, -0.25) is 4.98 Å². The smallest absolute Gasteiger partial charge is 0.321 e. The number of urea groups is 1. The highest BCUT2D eigenvalue weighted by atomic mass is 16.5. The van der Waals surface area contributed by atoms with Crippen LogP contribution in [-0.4, -0.2) is 45.2 Å². The molecule has 3 aromatic rings. The molecule has 7 heteroatoms. The number of ether oxygens (including phenoxy) is 1. The number of benzene rings is 1. The van der Waals surface area contributed by atoms with E-state index in [2.05, 4.69) is 26.8 Å². The van der Waals surface area contributed by atoms with Crippen LogP contribution in [0.3, 0.4) is 0 Å². The Bertz CT molecular complexity index is 1020. The van der Waals surface area contributed by atoms with Gasteiger partial charge in [0.15, 0.2) is 0 Å². The number of imidazole rings is 1. The first-order chi connectivity index (χ1) is 15.2. The van der Waals surface area contributed by atoms with Crippen LogP contribution in [-0.2, 0) is 6.54 Å². The maximum atomic E-state index is 13.0. The number of rotatable bonds is 6. The molecule has 7 nitrogen and oxygen atoms in total. The van der Waals surface area contributed by atoms with Crippen molar-refractivity contribution in [2.75, 3.05) is 25.0 Å². The molecular formula is C24H29N5O2. The van der Waals surface area contributed by atoms with Crippen LogP contribution in [0.5, 0.6) is 5.75 Å². The molecule has 0 bridgehead atoms. The zero-order valence-corrected chi connectivity index (χ0v) is 18.1. The fourth-order valence-electron chi connectivity index (χ4n) is 4.12. The fourth-order valence-corrected chi connectivity index (χ4v) is 4.12. The maximum Gasteiger partial charge on any atom is 0.321 e. The molecule has 1 aromatic carbocycles. The van der Waals surface area contributed by atoms with Crippen LogP contribution in [0.2, 0.25) is 0 Å². The summed E-state index contributed by atoms with van der Waals surface area (Å²) in [6.07, 6.45) is 7.59. The molecule has 2 amide bonds. The van der Waals surface area contributed by atoms with Gasteiger partial charge in [-0.05, 0) is 56.9 Å². The molecule has 0 radical (unpaired) electrons. The van der Waals surface area contributed by atoms with Gasteiger partial charge in [-0.25, -0.2) is 9.78 Å². The molecule has 1 fully saturated rings.